The molecule has 0 amide bonds. The Labute approximate surface area is 128 Å². The topological polar surface area (TPSA) is 35.5 Å². The lowest BCUT2D eigenvalue weighted by molar-refractivity contribution is 0.0917. The molecule has 0 radical (unpaired) electrons. The third-order valence-electron chi connectivity index (χ3n) is 2.71. The summed E-state index contributed by atoms with van der Waals surface area (Å²) in [5.41, 5.74) is 0.0933. The van der Waals surface area contributed by atoms with E-state index in [1.54, 1.807) is 0 Å². The van der Waals surface area contributed by atoms with Crippen molar-refractivity contribution in [2.45, 2.75) is 0 Å². The van der Waals surface area contributed by atoms with Crippen molar-refractivity contribution >= 4 is 21.7 Å². The SMILES string of the molecule is COc1ccc(F)cc1C(=O)COc1ccc(F)cc1Br. The number of hydrogen-bond donors (Lipinski definition) is 0. The highest BCUT2D eigenvalue weighted by atomic mass is 79.9. The molecule has 21 heavy (non-hydrogen) atoms. The highest BCUT2D eigenvalue weighted by Gasteiger charge is 2.15. The molecule has 0 unspecified atom stereocenters. The zero-order valence-electron chi connectivity index (χ0n) is 11.0. The van der Waals surface area contributed by atoms with Gasteiger partial charge < -0.3 is 9.47 Å². The summed E-state index contributed by atoms with van der Waals surface area (Å²) in [7, 11) is 1.39. The molecule has 0 saturated heterocycles. The van der Waals surface area contributed by atoms with E-state index < -0.39 is 17.4 Å². The van der Waals surface area contributed by atoms with E-state index in [9.17, 15) is 13.6 Å². The van der Waals surface area contributed by atoms with Crippen molar-refractivity contribution in [2.75, 3.05) is 13.7 Å². The maximum absolute atomic E-state index is 13.2. The van der Waals surface area contributed by atoms with Gasteiger partial charge in [0.25, 0.3) is 0 Å². The van der Waals surface area contributed by atoms with Crippen molar-refractivity contribution in [3.8, 4) is 11.5 Å². The molecule has 0 N–H and O–H groups in total. The molecule has 110 valence electrons. The van der Waals surface area contributed by atoms with Crippen LogP contribution in [0.5, 0.6) is 11.5 Å². The fourth-order valence-electron chi connectivity index (χ4n) is 1.71. The van der Waals surface area contributed by atoms with Gasteiger partial charge in [0.05, 0.1) is 17.1 Å². The summed E-state index contributed by atoms with van der Waals surface area (Å²) in [5.74, 6) is -0.819. The van der Waals surface area contributed by atoms with E-state index in [0.29, 0.717) is 10.2 Å². The summed E-state index contributed by atoms with van der Waals surface area (Å²) in [4.78, 5) is 12.1. The van der Waals surface area contributed by atoms with E-state index in [0.717, 1.165) is 6.07 Å². The second-order valence-corrected chi connectivity index (χ2v) is 4.99. The Hall–Kier alpha value is -1.95. The van der Waals surface area contributed by atoms with E-state index in [1.165, 1.54) is 37.4 Å². The third kappa shape index (κ3) is 3.78. The highest BCUT2D eigenvalue weighted by molar-refractivity contribution is 9.10. The molecule has 0 aliphatic carbocycles. The summed E-state index contributed by atoms with van der Waals surface area (Å²) in [5, 5.41) is 0. The predicted molar refractivity (Wildman–Crippen MR) is 76.9 cm³/mol. The first kappa shape index (κ1) is 15.4. The minimum absolute atomic E-state index is 0.0933. The molecular weight excluding hydrogens is 346 g/mol. The van der Waals surface area contributed by atoms with Gasteiger partial charge in [-0.05, 0) is 52.3 Å². The van der Waals surface area contributed by atoms with Crippen LogP contribution < -0.4 is 9.47 Å². The van der Waals surface area contributed by atoms with Gasteiger partial charge in [0, 0.05) is 0 Å². The van der Waals surface area contributed by atoms with Gasteiger partial charge >= 0.3 is 0 Å². The minimum Gasteiger partial charge on any atom is -0.496 e. The number of methoxy groups -OCH3 is 1. The Morgan fingerprint density at radius 3 is 2.33 bits per heavy atom. The molecule has 6 heteroatoms. The Morgan fingerprint density at radius 2 is 1.71 bits per heavy atom. The molecule has 2 rings (SSSR count). The van der Waals surface area contributed by atoms with Crippen molar-refractivity contribution in [2.24, 2.45) is 0 Å². The number of Topliss-reactive ketones (excluding diaryl/α,β-unsaturated/α-hetero) is 1. The Balaban J connectivity index is 2.13. The molecule has 0 aliphatic heterocycles. The van der Waals surface area contributed by atoms with Crippen molar-refractivity contribution in [1.29, 1.82) is 0 Å². The molecular formula is C15H11BrF2O3. The van der Waals surface area contributed by atoms with Gasteiger partial charge in [-0.2, -0.15) is 0 Å². The first-order valence-corrected chi connectivity index (χ1v) is 6.75. The summed E-state index contributed by atoms with van der Waals surface area (Å²) < 4.78 is 36.9. The van der Waals surface area contributed by atoms with Crippen LogP contribution in [0.4, 0.5) is 8.78 Å². The second kappa shape index (κ2) is 6.67. The zero-order valence-corrected chi connectivity index (χ0v) is 12.6. The first-order valence-electron chi connectivity index (χ1n) is 5.96. The second-order valence-electron chi connectivity index (χ2n) is 4.13. The van der Waals surface area contributed by atoms with Gasteiger partial charge in [-0.25, -0.2) is 8.78 Å². The van der Waals surface area contributed by atoms with Crippen molar-refractivity contribution in [1.82, 2.24) is 0 Å². The Morgan fingerprint density at radius 1 is 1.10 bits per heavy atom. The summed E-state index contributed by atoms with van der Waals surface area (Å²) >= 11 is 3.13. The van der Waals surface area contributed by atoms with Gasteiger partial charge in [0.2, 0.25) is 5.78 Å². The maximum atomic E-state index is 13.2. The van der Waals surface area contributed by atoms with Crippen LogP contribution in [0.25, 0.3) is 0 Å². The number of carbonyl (C=O) groups is 1. The maximum Gasteiger partial charge on any atom is 0.204 e. The fraction of sp³-hybridized carbons (Fsp3) is 0.133. The van der Waals surface area contributed by atoms with Crippen LogP contribution in [-0.2, 0) is 0 Å². The van der Waals surface area contributed by atoms with Gasteiger partial charge in [0.1, 0.15) is 23.1 Å². The molecule has 0 bridgehead atoms. The fourth-order valence-corrected chi connectivity index (χ4v) is 2.18. The van der Waals surface area contributed by atoms with E-state index in [-0.39, 0.29) is 17.9 Å². The molecule has 2 aromatic carbocycles. The van der Waals surface area contributed by atoms with Crippen LogP contribution in [0.2, 0.25) is 0 Å². The molecule has 0 heterocycles. The molecule has 2 aromatic rings. The van der Waals surface area contributed by atoms with Crippen LogP contribution in [0.15, 0.2) is 40.9 Å². The van der Waals surface area contributed by atoms with Crippen LogP contribution >= 0.6 is 15.9 Å². The van der Waals surface area contributed by atoms with Crippen LogP contribution in [0.1, 0.15) is 10.4 Å². The van der Waals surface area contributed by atoms with Crippen LogP contribution in [-0.4, -0.2) is 19.5 Å². The van der Waals surface area contributed by atoms with E-state index in [2.05, 4.69) is 15.9 Å². The molecule has 0 atom stereocenters. The van der Waals surface area contributed by atoms with Gasteiger partial charge in [-0.15, -0.1) is 0 Å². The van der Waals surface area contributed by atoms with Gasteiger partial charge in [0.15, 0.2) is 6.61 Å². The number of carbonyl (C=O) groups excluding carboxylic acids is 1. The average molecular weight is 357 g/mol. The first-order chi connectivity index (χ1) is 10.0. The number of rotatable bonds is 5. The van der Waals surface area contributed by atoms with E-state index >= 15 is 0 Å². The molecule has 3 nitrogen and oxygen atoms in total. The predicted octanol–water partition coefficient (Wildman–Crippen LogP) is 4.00. The largest absolute Gasteiger partial charge is 0.496 e. The lowest BCUT2D eigenvalue weighted by atomic mass is 10.1. The number of ether oxygens (including phenoxy) is 2. The van der Waals surface area contributed by atoms with Crippen LogP contribution in [0.3, 0.4) is 0 Å². The number of hydrogen-bond acceptors (Lipinski definition) is 3. The van der Waals surface area contributed by atoms with Crippen molar-refractivity contribution in [3.63, 3.8) is 0 Å². The summed E-state index contributed by atoms with van der Waals surface area (Å²) in [6.45, 7) is -0.315. The molecule has 0 aliphatic rings. The van der Waals surface area contributed by atoms with E-state index in [1.807, 2.05) is 0 Å². The van der Waals surface area contributed by atoms with Crippen molar-refractivity contribution < 1.29 is 23.0 Å². The molecule has 0 saturated carbocycles. The van der Waals surface area contributed by atoms with E-state index in [4.69, 9.17) is 9.47 Å². The summed E-state index contributed by atoms with van der Waals surface area (Å²) in [6.07, 6.45) is 0. The van der Waals surface area contributed by atoms with Gasteiger partial charge in [-0.3, -0.25) is 4.79 Å². The molecule has 0 spiro atoms. The molecule has 0 fully saturated rings. The number of ketones is 1. The normalized spacial score (nSPS) is 10.3. The van der Waals surface area contributed by atoms with Crippen molar-refractivity contribution in [3.05, 3.63) is 58.1 Å². The quantitative estimate of drug-likeness (QED) is 0.759. The number of benzene rings is 2. The standard InChI is InChI=1S/C15H11BrF2O3/c1-20-14-4-2-9(17)6-11(14)13(19)8-21-15-5-3-10(18)7-12(15)16/h2-7H,8H2,1H3. The zero-order chi connectivity index (χ0) is 15.4. The molecule has 0 aromatic heterocycles. The number of halogens is 3. The van der Waals surface area contributed by atoms with Crippen LogP contribution in [0, 0.1) is 11.6 Å². The summed E-state index contributed by atoms with van der Waals surface area (Å²) in [6, 6.07) is 7.50. The smallest absolute Gasteiger partial charge is 0.204 e. The third-order valence-corrected chi connectivity index (χ3v) is 3.33. The lowest BCUT2D eigenvalue weighted by Gasteiger charge is -2.10. The minimum atomic E-state index is -0.540. The Kier molecular flexibility index (Phi) is 4.90. The monoisotopic (exact) mass is 356 g/mol. The Bertz CT molecular complexity index is 674. The van der Waals surface area contributed by atoms with Gasteiger partial charge in [-0.1, -0.05) is 0 Å². The average Bonchev–Trinajstić information content (AvgIpc) is 2.46. The lowest BCUT2D eigenvalue weighted by Crippen LogP contribution is -2.13. The highest BCUT2D eigenvalue weighted by Crippen LogP contribution is 2.26.